The van der Waals surface area contributed by atoms with Crippen molar-refractivity contribution in [1.29, 1.82) is 0 Å². The van der Waals surface area contributed by atoms with Crippen molar-refractivity contribution in [3.05, 3.63) is 48.5 Å². The third kappa shape index (κ3) is 4.00. The summed E-state index contributed by atoms with van der Waals surface area (Å²) in [5.41, 5.74) is 1.33. The molecule has 0 bridgehead atoms. The van der Waals surface area contributed by atoms with E-state index in [-0.39, 0.29) is 22.8 Å². The number of carbonyl (C=O) groups excluding carboxylic acids is 1. The molecule has 1 amide bonds. The van der Waals surface area contributed by atoms with Crippen molar-refractivity contribution in [2.45, 2.75) is 11.3 Å². The standard InChI is InChI=1S/C19H21N3O6S2/c23-19-9-14-29(24,25)22(19)15-5-7-16(8-6-15)30(26,27)20-17-3-1-2-4-18(17)21-10-12-28-13-11-21/h1-8,20H,9-14H2. The lowest BCUT2D eigenvalue weighted by Crippen LogP contribution is -2.36. The van der Waals surface area contributed by atoms with E-state index in [4.69, 9.17) is 4.74 Å². The summed E-state index contributed by atoms with van der Waals surface area (Å²) < 4.78 is 58.6. The molecule has 2 aromatic carbocycles. The maximum Gasteiger partial charge on any atom is 0.261 e. The monoisotopic (exact) mass is 451 g/mol. The molecular formula is C19H21N3O6S2. The first kappa shape index (κ1) is 20.6. The summed E-state index contributed by atoms with van der Waals surface area (Å²) in [7, 11) is -7.62. The number of morpholine rings is 1. The van der Waals surface area contributed by atoms with Crippen molar-refractivity contribution in [1.82, 2.24) is 0 Å². The van der Waals surface area contributed by atoms with Gasteiger partial charge in [-0.25, -0.2) is 21.1 Å². The number of hydrogen-bond acceptors (Lipinski definition) is 7. The van der Waals surface area contributed by atoms with E-state index in [1.807, 2.05) is 17.0 Å². The van der Waals surface area contributed by atoms with Crippen LogP contribution in [0, 0.1) is 0 Å². The number of rotatable bonds is 5. The van der Waals surface area contributed by atoms with Gasteiger partial charge in [0.25, 0.3) is 10.0 Å². The van der Waals surface area contributed by atoms with Gasteiger partial charge in [-0.05, 0) is 36.4 Å². The number of nitrogens with zero attached hydrogens (tertiary/aromatic N) is 2. The SMILES string of the molecule is O=C1CCS(=O)(=O)N1c1ccc(S(=O)(=O)Nc2ccccc2N2CCOCC2)cc1. The molecule has 160 valence electrons. The molecule has 0 saturated carbocycles. The molecule has 9 nitrogen and oxygen atoms in total. The van der Waals surface area contributed by atoms with E-state index >= 15 is 0 Å². The van der Waals surface area contributed by atoms with Crippen LogP contribution >= 0.6 is 0 Å². The van der Waals surface area contributed by atoms with Gasteiger partial charge in [-0.3, -0.25) is 9.52 Å². The van der Waals surface area contributed by atoms with E-state index in [9.17, 15) is 21.6 Å². The highest BCUT2D eigenvalue weighted by Crippen LogP contribution is 2.30. The summed E-state index contributed by atoms with van der Waals surface area (Å²) in [5, 5.41) is 0. The molecule has 30 heavy (non-hydrogen) atoms. The zero-order valence-corrected chi connectivity index (χ0v) is 17.7. The highest BCUT2D eigenvalue weighted by molar-refractivity contribution is 7.94. The Labute approximate surface area is 175 Å². The number of hydrogen-bond donors (Lipinski definition) is 1. The van der Waals surface area contributed by atoms with Crippen LogP contribution in [-0.4, -0.2) is 54.8 Å². The predicted octanol–water partition coefficient (Wildman–Crippen LogP) is 1.39. The second-order valence-electron chi connectivity index (χ2n) is 6.94. The van der Waals surface area contributed by atoms with Gasteiger partial charge in [-0.2, -0.15) is 0 Å². The molecule has 2 heterocycles. The van der Waals surface area contributed by atoms with Crippen LogP contribution in [0.3, 0.4) is 0 Å². The molecule has 4 rings (SSSR count). The first-order valence-corrected chi connectivity index (χ1v) is 12.5. The Morgan fingerprint density at radius 3 is 2.27 bits per heavy atom. The molecule has 0 aromatic heterocycles. The molecule has 0 aliphatic carbocycles. The smallest absolute Gasteiger partial charge is 0.261 e. The molecule has 0 radical (unpaired) electrons. The van der Waals surface area contributed by atoms with Crippen LogP contribution in [-0.2, 0) is 29.6 Å². The minimum absolute atomic E-state index is 0.0351. The maximum atomic E-state index is 12.9. The Bertz CT molecular complexity index is 1160. The molecule has 2 aromatic rings. The zero-order valence-electron chi connectivity index (χ0n) is 16.0. The fraction of sp³-hybridized carbons (Fsp3) is 0.316. The Hall–Kier alpha value is -2.63. The van der Waals surface area contributed by atoms with E-state index < -0.39 is 26.0 Å². The number of sulfonamides is 2. The van der Waals surface area contributed by atoms with Gasteiger partial charge in [0.05, 0.1) is 40.9 Å². The molecule has 2 fully saturated rings. The Balaban J connectivity index is 1.59. The average Bonchev–Trinajstić information content (AvgIpc) is 3.01. The number of anilines is 3. The number of amides is 1. The Morgan fingerprint density at radius 2 is 1.63 bits per heavy atom. The van der Waals surface area contributed by atoms with E-state index in [0.29, 0.717) is 32.0 Å². The van der Waals surface area contributed by atoms with Gasteiger partial charge in [0, 0.05) is 19.5 Å². The number of para-hydroxylation sites is 2. The molecule has 0 unspecified atom stereocenters. The fourth-order valence-electron chi connectivity index (χ4n) is 3.47. The van der Waals surface area contributed by atoms with Crippen molar-refractivity contribution in [2.75, 3.05) is 46.0 Å². The topological polar surface area (TPSA) is 113 Å². The maximum absolute atomic E-state index is 12.9. The van der Waals surface area contributed by atoms with Crippen LogP contribution < -0.4 is 13.9 Å². The lowest BCUT2D eigenvalue weighted by molar-refractivity contribution is -0.116. The largest absolute Gasteiger partial charge is 0.378 e. The van der Waals surface area contributed by atoms with Crippen LogP contribution in [0.1, 0.15) is 6.42 Å². The van der Waals surface area contributed by atoms with Gasteiger partial charge in [0.15, 0.2) is 0 Å². The molecule has 2 aliphatic rings. The van der Waals surface area contributed by atoms with Crippen molar-refractivity contribution in [3.63, 3.8) is 0 Å². The molecule has 0 spiro atoms. The van der Waals surface area contributed by atoms with Gasteiger partial charge < -0.3 is 9.64 Å². The van der Waals surface area contributed by atoms with Crippen molar-refractivity contribution in [3.8, 4) is 0 Å². The second kappa shape index (κ2) is 7.89. The summed E-state index contributed by atoms with van der Waals surface area (Å²) >= 11 is 0. The van der Waals surface area contributed by atoms with E-state index in [1.54, 1.807) is 12.1 Å². The summed E-state index contributed by atoms with van der Waals surface area (Å²) in [4.78, 5) is 13.9. The molecule has 11 heteroatoms. The Kier molecular flexibility index (Phi) is 5.43. The number of nitrogens with one attached hydrogen (secondary N) is 1. The fourth-order valence-corrected chi connectivity index (χ4v) is 6.01. The minimum Gasteiger partial charge on any atom is -0.378 e. The lowest BCUT2D eigenvalue weighted by atomic mass is 10.2. The molecule has 2 saturated heterocycles. The quantitative estimate of drug-likeness (QED) is 0.731. The summed E-state index contributed by atoms with van der Waals surface area (Å²) in [6, 6.07) is 12.3. The van der Waals surface area contributed by atoms with Gasteiger partial charge in [0.1, 0.15) is 0 Å². The van der Waals surface area contributed by atoms with Crippen molar-refractivity contribution >= 4 is 43.0 Å². The van der Waals surface area contributed by atoms with Crippen molar-refractivity contribution < 1.29 is 26.4 Å². The molecular weight excluding hydrogens is 430 g/mol. The first-order valence-electron chi connectivity index (χ1n) is 9.38. The van der Waals surface area contributed by atoms with Gasteiger partial charge >= 0.3 is 0 Å². The normalized spacial score (nSPS) is 19.1. The summed E-state index contributed by atoms with van der Waals surface area (Å²) in [6.45, 7) is 2.46. The average molecular weight is 452 g/mol. The first-order chi connectivity index (χ1) is 14.3. The van der Waals surface area contributed by atoms with Gasteiger partial charge in [-0.15, -0.1) is 0 Å². The molecule has 2 aliphatic heterocycles. The third-order valence-corrected chi connectivity index (χ3v) is 8.03. The van der Waals surface area contributed by atoms with Crippen molar-refractivity contribution in [2.24, 2.45) is 0 Å². The highest BCUT2D eigenvalue weighted by Gasteiger charge is 2.36. The number of benzene rings is 2. The van der Waals surface area contributed by atoms with E-state index in [1.165, 1.54) is 24.3 Å². The highest BCUT2D eigenvalue weighted by atomic mass is 32.2. The summed E-state index contributed by atoms with van der Waals surface area (Å²) in [5.74, 6) is -0.769. The van der Waals surface area contributed by atoms with Crippen LogP contribution in [0.15, 0.2) is 53.4 Å². The van der Waals surface area contributed by atoms with E-state index in [0.717, 1.165) is 9.99 Å². The number of carbonyl (C=O) groups is 1. The van der Waals surface area contributed by atoms with E-state index in [2.05, 4.69) is 4.72 Å². The summed E-state index contributed by atoms with van der Waals surface area (Å²) in [6.07, 6.45) is -0.0811. The number of ether oxygens (including phenoxy) is 1. The molecule has 1 N–H and O–H groups in total. The predicted molar refractivity (Wildman–Crippen MR) is 113 cm³/mol. The Morgan fingerprint density at radius 1 is 0.967 bits per heavy atom. The zero-order chi connectivity index (χ0) is 21.4. The lowest BCUT2D eigenvalue weighted by Gasteiger charge is -2.30. The van der Waals surface area contributed by atoms with Crippen LogP contribution in [0.25, 0.3) is 0 Å². The van der Waals surface area contributed by atoms with Gasteiger partial charge in [0.2, 0.25) is 15.9 Å². The van der Waals surface area contributed by atoms with Gasteiger partial charge in [-0.1, -0.05) is 12.1 Å². The van der Waals surface area contributed by atoms with Crippen LogP contribution in [0.4, 0.5) is 17.1 Å². The van der Waals surface area contributed by atoms with Crippen LogP contribution in [0.5, 0.6) is 0 Å². The third-order valence-electron chi connectivity index (χ3n) is 4.96. The minimum atomic E-state index is -3.92. The second-order valence-corrected chi connectivity index (χ2v) is 10.6. The van der Waals surface area contributed by atoms with Crippen LogP contribution in [0.2, 0.25) is 0 Å². The molecule has 0 atom stereocenters.